The van der Waals surface area contributed by atoms with Gasteiger partial charge in [0.1, 0.15) is 5.75 Å². The highest BCUT2D eigenvalue weighted by atomic mass is 16.3. The quantitative estimate of drug-likeness (QED) is 0.752. The summed E-state index contributed by atoms with van der Waals surface area (Å²) >= 11 is 0. The van der Waals surface area contributed by atoms with Gasteiger partial charge in [-0.25, -0.2) is 0 Å². The molecule has 0 saturated heterocycles. The van der Waals surface area contributed by atoms with Gasteiger partial charge in [-0.2, -0.15) is 5.10 Å². The molecule has 0 aliphatic rings. The van der Waals surface area contributed by atoms with E-state index in [1.807, 2.05) is 60.9 Å². The number of hydrogen-bond donors (Lipinski definition) is 1. The fourth-order valence-corrected chi connectivity index (χ4v) is 1.61. The standard InChI is InChI=1S/C10H12N2O.2C2H6/c1-6-4-8-5-12(3)11-9(8)7(2)10(6)13;2*1-2/h4-5,13H,1-3H3;2*1-2H3. The van der Waals surface area contributed by atoms with Crippen molar-refractivity contribution in [3.8, 4) is 5.75 Å². The Hall–Kier alpha value is -1.51. The summed E-state index contributed by atoms with van der Waals surface area (Å²) in [6.45, 7) is 11.8. The summed E-state index contributed by atoms with van der Waals surface area (Å²) in [6, 6.07) is 1.95. The third-order valence-electron chi connectivity index (χ3n) is 2.31. The van der Waals surface area contributed by atoms with E-state index in [1.54, 1.807) is 4.68 Å². The average Bonchev–Trinajstić information content (AvgIpc) is 2.72. The molecule has 0 amide bonds. The molecule has 2 aromatic rings. The van der Waals surface area contributed by atoms with Crippen LogP contribution < -0.4 is 0 Å². The molecule has 0 unspecified atom stereocenters. The Morgan fingerprint density at radius 3 is 2.18 bits per heavy atom. The van der Waals surface area contributed by atoms with E-state index >= 15 is 0 Å². The van der Waals surface area contributed by atoms with Gasteiger partial charge in [-0.1, -0.05) is 27.7 Å². The van der Waals surface area contributed by atoms with Crippen LogP contribution in [0.3, 0.4) is 0 Å². The molecule has 0 aliphatic heterocycles. The van der Waals surface area contributed by atoms with E-state index in [1.165, 1.54) is 0 Å². The van der Waals surface area contributed by atoms with Gasteiger partial charge in [0, 0.05) is 24.2 Å². The van der Waals surface area contributed by atoms with Gasteiger partial charge in [-0.15, -0.1) is 0 Å². The van der Waals surface area contributed by atoms with Crippen molar-refractivity contribution in [3.63, 3.8) is 0 Å². The largest absolute Gasteiger partial charge is 0.507 e. The van der Waals surface area contributed by atoms with Crippen molar-refractivity contribution >= 4 is 10.9 Å². The smallest absolute Gasteiger partial charge is 0.123 e. The summed E-state index contributed by atoms with van der Waals surface area (Å²) in [4.78, 5) is 0. The molecule has 0 fully saturated rings. The number of aromatic hydroxyl groups is 1. The number of phenolic OH excluding ortho intramolecular Hbond substituents is 1. The molecule has 17 heavy (non-hydrogen) atoms. The van der Waals surface area contributed by atoms with Crippen LogP contribution >= 0.6 is 0 Å². The van der Waals surface area contributed by atoms with Crippen molar-refractivity contribution in [3.05, 3.63) is 23.4 Å². The van der Waals surface area contributed by atoms with Crippen LogP contribution in [0.15, 0.2) is 12.3 Å². The lowest BCUT2D eigenvalue weighted by Crippen LogP contribution is -1.86. The van der Waals surface area contributed by atoms with Gasteiger partial charge >= 0.3 is 0 Å². The van der Waals surface area contributed by atoms with Gasteiger partial charge in [0.15, 0.2) is 0 Å². The lowest BCUT2D eigenvalue weighted by molar-refractivity contribution is 0.468. The average molecular weight is 236 g/mol. The summed E-state index contributed by atoms with van der Waals surface area (Å²) in [5.41, 5.74) is 2.64. The Kier molecular flexibility index (Phi) is 6.33. The maximum Gasteiger partial charge on any atom is 0.123 e. The number of phenols is 1. The van der Waals surface area contributed by atoms with Crippen molar-refractivity contribution in [1.82, 2.24) is 9.78 Å². The number of nitrogens with zero attached hydrogens (tertiary/aromatic N) is 2. The zero-order valence-electron chi connectivity index (χ0n) is 12.0. The first kappa shape index (κ1) is 15.5. The zero-order valence-corrected chi connectivity index (χ0v) is 12.0. The second kappa shape index (κ2) is 6.94. The highest BCUT2D eigenvalue weighted by Gasteiger charge is 2.08. The minimum absolute atomic E-state index is 0.353. The number of fused-ring (bicyclic) bond motifs is 1. The summed E-state index contributed by atoms with van der Waals surface area (Å²) < 4.78 is 1.76. The number of hydrogen-bond acceptors (Lipinski definition) is 2. The van der Waals surface area contributed by atoms with Crippen molar-refractivity contribution in [2.24, 2.45) is 7.05 Å². The Balaban J connectivity index is 0.000000581. The van der Waals surface area contributed by atoms with Gasteiger partial charge in [0.25, 0.3) is 0 Å². The summed E-state index contributed by atoms with van der Waals surface area (Å²) in [5, 5.41) is 15.0. The molecule has 1 N–H and O–H groups in total. The third kappa shape index (κ3) is 3.22. The Bertz CT molecular complexity index is 473. The van der Waals surface area contributed by atoms with Crippen LogP contribution in [0.25, 0.3) is 10.9 Å². The lowest BCUT2D eigenvalue weighted by atomic mass is 10.1. The maximum atomic E-state index is 9.66. The fourth-order valence-electron chi connectivity index (χ4n) is 1.61. The minimum atomic E-state index is 0.353. The second-order valence-corrected chi connectivity index (χ2v) is 3.41. The van der Waals surface area contributed by atoms with E-state index in [0.717, 1.165) is 22.0 Å². The van der Waals surface area contributed by atoms with Crippen molar-refractivity contribution in [1.29, 1.82) is 0 Å². The predicted octanol–water partition coefficient (Wildman–Crippen LogP) is 3.95. The Morgan fingerprint density at radius 1 is 1.12 bits per heavy atom. The number of aromatic nitrogens is 2. The highest BCUT2D eigenvalue weighted by Crippen LogP contribution is 2.28. The molecule has 0 aliphatic carbocycles. The molecule has 0 bridgehead atoms. The van der Waals surface area contributed by atoms with Crippen molar-refractivity contribution in [2.45, 2.75) is 41.5 Å². The van der Waals surface area contributed by atoms with E-state index in [0.29, 0.717) is 5.75 Å². The Labute approximate surface area is 104 Å². The predicted molar refractivity (Wildman–Crippen MR) is 74.5 cm³/mol. The van der Waals surface area contributed by atoms with Gasteiger partial charge in [-0.3, -0.25) is 4.68 Å². The number of benzene rings is 1. The zero-order chi connectivity index (χ0) is 13.6. The van der Waals surface area contributed by atoms with Crippen LogP contribution in [0.4, 0.5) is 0 Å². The topological polar surface area (TPSA) is 38.0 Å². The second-order valence-electron chi connectivity index (χ2n) is 3.41. The van der Waals surface area contributed by atoms with E-state index in [4.69, 9.17) is 0 Å². The molecule has 0 atom stereocenters. The molecule has 3 heteroatoms. The highest BCUT2D eigenvalue weighted by molar-refractivity contribution is 5.84. The summed E-state index contributed by atoms with van der Waals surface area (Å²) in [7, 11) is 1.88. The third-order valence-corrected chi connectivity index (χ3v) is 2.31. The monoisotopic (exact) mass is 236 g/mol. The molecule has 1 aromatic heterocycles. The Morgan fingerprint density at radius 2 is 1.65 bits per heavy atom. The van der Waals surface area contributed by atoms with Crippen molar-refractivity contribution in [2.75, 3.05) is 0 Å². The molecule has 3 nitrogen and oxygen atoms in total. The first-order chi connectivity index (χ1) is 8.09. The van der Waals surface area contributed by atoms with E-state index in [-0.39, 0.29) is 0 Å². The van der Waals surface area contributed by atoms with Gasteiger partial charge < -0.3 is 5.11 Å². The molecular weight excluding hydrogens is 212 g/mol. The van der Waals surface area contributed by atoms with Crippen LogP contribution in [-0.4, -0.2) is 14.9 Å². The van der Waals surface area contributed by atoms with E-state index < -0.39 is 0 Å². The van der Waals surface area contributed by atoms with Gasteiger partial charge in [0.05, 0.1) is 5.52 Å². The molecule has 0 spiro atoms. The number of rotatable bonds is 0. The molecule has 0 radical (unpaired) electrons. The molecule has 1 heterocycles. The normalized spacial score (nSPS) is 9.12. The van der Waals surface area contributed by atoms with Crippen LogP contribution in [0, 0.1) is 13.8 Å². The van der Waals surface area contributed by atoms with E-state index in [2.05, 4.69) is 5.10 Å². The number of aryl methyl sites for hydroxylation is 3. The van der Waals surface area contributed by atoms with E-state index in [9.17, 15) is 5.11 Å². The summed E-state index contributed by atoms with van der Waals surface area (Å²) in [5.74, 6) is 0.353. The van der Waals surface area contributed by atoms with Crippen LogP contribution in [0.1, 0.15) is 38.8 Å². The maximum absolute atomic E-state index is 9.66. The van der Waals surface area contributed by atoms with Crippen molar-refractivity contribution < 1.29 is 5.11 Å². The molecular formula is C14H24N2O. The lowest BCUT2D eigenvalue weighted by Gasteiger charge is -2.02. The SMILES string of the molecule is CC.CC.Cc1cc2cn(C)nc2c(C)c1O. The minimum Gasteiger partial charge on any atom is -0.507 e. The molecule has 0 saturated carbocycles. The van der Waals surface area contributed by atoms with Crippen LogP contribution in [-0.2, 0) is 7.05 Å². The first-order valence-corrected chi connectivity index (χ1v) is 6.22. The van der Waals surface area contributed by atoms with Crippen LogP contribution in [0.2, 0.25) is 0 Å². The van der Waals surface area contributed by atoms with Gasteiger partial charge in [0.2, 0.25) is 0 Å². The molecule has 2 rings (SSSR count). The molecule has 1 aromatic carbocycles. The first-order valence-electron chi connectivity index (χ1n) is 6.22. The van der Waals surface area contributed by atoms with Gasteiger partial charge in [-0.05, 0) is 25.5 Å². The molecule has 96 valence electrons. The van der Waals surface area contributed by atoms with Crippen LogP contribution in [0.5, 0.6) is 5.75 Å². The fraction of sp³-hybridized carbons (Fsp3) is 0.500. The summed E-state index contributed by atoms with van der Waals surface area (Å²) in [6.07, 6.45) is 1.95.